The van der Waals surface area contributed by atoms with Gasteiger partial charge in [-0.15, -0.1) is 0 Å². The van der Waals surface area contributed by atoms with Crippen LogP contribution in [0.15, 0.2) is 72.8 Å². The van der Waals surface area contributed by atoms with Gasteiger partial charge in [-0.05, 0) is 68.8 Å². The summed E-state index contributed by atoms with van der Waals surface area (Å²) in [5.74, 6) is -2.23. The quantitative estimate of drug-likeness (QED) is 0.0618. The molecule has 0 unspecified atom stereocenters. The molecule has 2 aliphatic heterocycles. The van der Waals surface area contributed by atoms with Crippen LogP contribution in [0.3, 0.4) is 0 Å². The zero-order valence-electron chi connectivity index (χ0n) is 33.3. The third-order valence-corrected chi connectivity index (χ3v) is 10.0. The summed E-state index contributed by atoms with van der Waals surface area (Å²) in [6.45, 7) is 8.18. The number of para-hydroxylation sites is 4. The lowest BCUT2D eigenvalue weighted by Crippen LogP contribution is -2.52. The Morgan fingerprint density at radius 2 is 1.24 bits per heavy atom. The molecule has 4 N–H and O–H groups in total. The van der Waals surface area contributed by atoms with Crippen molar-refractivity contribution in [2.24, 2.45) is 5.92 Å². The minimum Gasteiger partial charge on any atom is -0.495 e. The molecule has 3 amide bonds. The molecule has 0 bridgehead atoms. The lowest BCUT2D eigenvalue weighted by Gasteiger charge is -2.36. The van der Waals surface area contributed by atoms with E-state index in [4.69, 9.17) is 28.4 Å². The molecule has 0 spiro atoms. The third-order valence-electron chi connectivity index (χ3n) is 10.0. The van der Waals surface area contributed by atoms with Gasteiger partial charge >= 0.3 is 6.03 Å². The monoisotopic (exact) mass is 760 g/mol. The van der Waals surface area contributed by atoms with Gasteiger partial charge in [0.15, 0.2) is 11.9 Å². The van der Waals surface area contributed by atoms with E-state index in [-0.39, 0.29) is 5.91 Å². The van der Waals surface area contributed by atoms with Crippen LogP contribution in [0.2, 0.25) is 0 Å². The van der Waals surface area contributed by atoms with Gasteiger partial charge < -0.3 is 49.7 Å². The smallest absolute Gasteiger partial charge is 0.323 e. The fraction of sp³-hybridized carbons (Fsp3) is 0.535. The number of carbonyl (C=O) groups is 2. The Bertz CT molecular complexity index is 1670. The van der Waals surface area contributed by atoms with Crippen molar-refractivity contribution in [1.82, 2.24) is 0 Å². The van der Waals surface area contributed by atoms with Crippen molar-refractivity contribution < 1.29 is 38.0 Å². The molecule has 12 nitrogen and oxygen atoms in total. The number of rotatable bonds is 21. The number of hydrogen-bond donors (Lipinski definition) is 4. The molecule has 0 aliphatic carbocycles. The Labute approximate surface area is 326 Å². The average molecular weight is 761 g/mol. The summed E-state index contributed by atoms with van der Waals surface area (Å²) < 4.78 is 37.3. The standard InChI is InChI=1S/C43H60N4O8/c1-7-8-9-10-11-12-13-14-15-20-29-52-43(47-32-27-25-31(26-28-32)44-41(49)46-34-22-17-19-24-36(34)51-6)39-38(53-42(3,4)55-39)37(54-43)30(2)40(48)45-33-21-16-18-23-35(33)50-5/h16-19,21-28,30,37-39,47H,7-15,20,29H2,1-6H3,(H,45,48)(H2,44,46,49)/t30-,37+,38-,39-,43+/m0/s1. The molecule has 0 radical (unpaired) electrons. The second-order valence-corrected chi connectivity index (χ2v) is 14.8. The van der Waals surface area contributed by atoms with Crippen molar-refractivity contribution >= 4 is 34.7 Å². The minimum absolute atomic E-state index is 0.256. The van der Waals surface area contributed by atoms with Crippen LogP contribution in [0, 0.1) is 5.92 Å². The summed E-state index contributed by atoms with van der Waals surface area (Å²) in [5.41, 5.74) is 2.35. The van der Waals surface area contributed by atoms with Gasteiger partial charge in [-0.3, -0.25) is 4.79 Å². The maximum atomic E-state index is 13.8. The van der Waals surface area contributed by atoms with E-state index >= 15 is 0 Å². The van der Waals surface area contributed by atoms with Crippen molar-refractivity contribution in [1.29, 1.82) is 0 Å². The first-order valence-corrected chi connectivity index (χ1v) is 19.8. The molecule has 5 rings (SSSR count). The molecule has 0 aromatic heterocycles. The van der Waals surface area contributed by atoms with Crippen LogP contribution in [0.25, 0.3) is 0 Å². The van der Waals surface area contributed by atoms with Crippen molar-refractivity contribution in [3.63, 3.8) is 0 Å². The summed E-state index contributed by atoms with van der Waals surface area (Å²) in [6, 6.07) is 21.3. The van der Waals surface area contributed by atoms with Crippen LogP contribution in [0.1, 0.15) is 91.9 Å². The molecule has 12 heteroatoms. The molecule has 55 heavy (non-hydrogen) atoms. The highest BCUT2D eigenvalue weighted by molar-refractivity contribution is 6.00. The van der Waals surface area contributed by atoms with E-state index in [9.17, 15) is 9.59 Å². The number of nitrogens with one attached hydrogen (secondary N) is 4. The van der Waals surface area contributed by atoms with Crippen LogP contribution in [0.5, 0.6) is 11.5 Å². The first-order chi connectivity index (χ1) is 26.6. The second-order valence-electron chi connectivity index (χ2n) is 14.8. The fourth-order valence-electron chi connectivity index (χ4n) is 7.13. The molecular formula is C43H60N4O8. The van der Waals surface area contributed by atoms with E-state index in [1.165, 1.54) is 44.9 Å². The normalized spacial score (nSPS) is 21.7. The van der Waals surface area contributed by atoms with Gasteiger partial charge in [0.25, 0.3) is 5.91 Å². The van der Waals surface area contributed by atoms with E-state index in [0.717, 1.165) is 19.3 Å². The number of anilines is 4. The highest BCUT2D eigenvalue weighted by Crippen LogP contribution is 2.47. The predicted molar refractivity (Wildman–Crippen MR) is 216 cm³/mol. The molecule has 3 aromatic carbocycles. The van der Waals surface area contributed by atoms with Crippen molar-refractivity contribution in [2.45, 2.75) is 122 Å². The molecule has 3 aromatic rings. The van der Waals surface area contributed by atoms with E-state index in [0.29, 0.717) is 40.9 Å². The fourth-order valence-corrected chi connectivity index (χ4v) is 7.13. The lowest BCUT2D eigenvalue weighted by atomic mass is 9.97. The molecule has 5 atom stereocenters. The first-order valence-electron chi connectivity index (χ1n) is 19.8. The Balaban J connectivity index is 1.30. The summed E-state index contributed by atoms with van der Waals surface area (Å²) >= 11 is 0. The molecule has 0 saturated carbocycles. The number of methoxy groups -OCH3 is 2. The van der Waals surface area contributed by atoms with Gasteiger partial charge in [0.2, 0.25) is 5.91 Å². The zero-order chi connectivity index (χ0) is 39.3. The van der Waals surface area contributed by atoms with Gasteiger partial charge in [0.1, 0.15) is 23.7 Å². The number of carbonyl (C=O) groups excluding carboxylic acids is 2. The van der Waals surface area contributed by atoms with Crippen molar-refractivity contribution in [3.05, 3.63) is 72.8 Å². The van der Waals surface area contributed by atoms with E-state index < -0.39 is 42.0 Å². The number of fused-ring (bicyclic) bond motifs is 1. The Morgan fingerprint density at radius 1 is 0.691 bits per heavy atom. The van der Waals surface area contributed by atoms with Crippen LogP contribution in [-0.2, 0) is 23.7 Å². The van der Waals surface area contributed by atoms with Crippen molar-refractivity contribution in [2.75, 3.05) is 42.1 Å². The van der Waals surface area contributed by atoms with Crippen LogP contribution in [0.4, 0.5) is 27.5 Å². The Kier molecular flexibility index (Phi) is 15.2. The number of urea groups is 1. The number of ether oxygens (including phenoxy) is 6. The SMILES string of the molecule is CCCCCCCCCCCCO[C@@]1(Nc2ccc(NC(=O)Nc3ccccc3OC)cc2)O[C@H]([C@H](C)C(=O)Nc2ccccc2OC)[C@@H]2OC(C)(C)O[C@@H]21. The van der Waals surface area contributed by atoms with E-state index in [1.54, 1.807) is 50.6 Å². The minimum atomic E-state index is -1.47. The zero-order valence-corrected chi connectivity index (χ0v) is 33.3. The first kappa shape index (κ1) is 41.8. The largest absolute Gasteiger partial charge is 0.495 e. The predicted octanol–water partition coefficient (Wildman–Crippen LogP) is 9.54. The topological polar surface area (TPSA) is 138 Å². The molecular weight excluding hydrogens is 700 g/mol. The summed E-state index contributed by atoms with van der Waals surface area (Å²) in [6.07, 6.45) is 9.93. The lowest BCUT2D eigenvalue weighted by molar-refractivity contribution is -0.283. The maximum Gasteiger partial charge on any atom is 0.323 e. The average Bonchev–Trinajstić information content (AvgIpc) is 3.65. The Hall–Kier alpha value is -4.36. The van der Waals surface area contributed by atoms with Gasteiger partial charge in [-0.1, -0.05) is 95.9 Å². The van der Waals surface area contributed by atoms with Crippen LogP contribution in [-0.4, -0.2) is 62.8 Å². The molecule has 2 saturated heterocycles. The highest BCUT2D eigenvalue weighted by atomic mass is 16.8. The summed E-state index contributed by atoms with van der Waals surface area (Å²) in [5, 5.41) is 12.2. The Morgan fingerprint density at radius 3 is 1.84 bits per heavy atom. The number of amides is 3. The molecule has 2 fully saturated rings. The number of hydrogen-bond acceptors (Lipinski definition) is 9. The summed E-state index contributed by atoms with van der Waals surface area (Å²) in [4.78, 5) is 26.6. The molecule has 2 heterocycles. The van der Waals surface area contributed by atoms with Crippen LogP contribution < -0.4 is 30.7 Å². The molecule has 300 valence electrons. The number of unbranched alkanes of at least 4 members (excludes halogenated alkanes) is 9. The van der Waals surface area contributed by atoms with Crippen molar-refractivity contribution in [3.8, 4) is 11.5 Å². The number of benzene rings is 3. The van der Waals surface area contributed by atoms with Gasteiger partial charge in [0.05, 0.1) is 38.1 Å². The molecule has 2 aliphatic rings. The second kappa shape index (κ2) is 20.0. The van der Waals surface area contributed by atoms with Gasteiger partial charge in [-0.2, -0.15) is 0 Å². The maximum absolute atomic E-state index is 13.8. The highest BCUT2D eigenvalue weighted by Gasteiger charge is 2.66. The summed E-state index contributed by atoms with van der Waals surface area (Å²) in [7, 11) is 3.12. The van der Waals surface area contributed by atoms with E-state index in [2.05, 4.69) is 28.2 Å². The van der Waals surface area contributed by atoms with E-state index in [1.807, 2.05) is 57.2 Å². The van der Waals surface area contributed by atoms with Gasteiger partial charge in [0, 0.05) is 11.4 Å². The third kappa shape index (κ3) is 11.3. The van der Waals surface area contributed by atoms with Gasteiger partial charge in [-0.25, -0.2) is 4.79 Å². The van der Waals surface area contributed by atoms with Crippen LogP contribution >= 0.6 is 0 Å².